The normalized spacial score (nSPS) is 21.8. The van der Waals surface area contributed by atoms with Gasteiger partial charge in [-0.3, -0.25) is 4.79 Å². The van der Waals surface area contributed by atoms with Crippen molar-refractivity contribution in [3.05, 3.63) is 91.1 Å². The summed E-state index contributed by atoms with van der Waals surface area (Å²) in [5, 5.41) is 5.45. The molecule has 2 unspecified atom stereocenters. The zero-order valence-electron chi connectivity index (χ0n) is 14.7. The minimum absolute atomic E-state index is 0.0946. The van der Waals surface area contributed by atoms with Crippen LogP contribution in [0.25, 0.3) is 10.8 Å². The Morgan fingerprint density at radius 2 is 2.04 bits per heavy atom. The first-order valence-electron chi connectivity index (χ1n) is 8.89. The number of carbonyl (C=O) groups is 1. The summed E-state index contributed by atoms with van der Waals surface area (Å²) in [5.74, 6) is 0.0500. The molecule has 1 aliphatic carbocycles. The summed E-state index contributed by atoms with van der Waals surface area (Å²) in [5.41, 5.74) is 0.00363. The fourth-order valence-corrected chi connectivity index (χ4v) is 3.66. The molecule has 3 aromatic rings. The SMILES string of the molecule is CCC1C=CC=CC1(NC(=O)c1ccc2ccccc2c1)n1ccnc1. The number of rotatable bonds is 4. The average molecular weight is 343 g/mol. The molecule has 2 atom stereocenters. The highest BCUT2D eigenvalue weighted by Gasteiger charge is 2.38. The molecule has 0 saturated heterocycles. The molecule has 0 radical (unpaired) electrons. The molecule has 26 heavy (non-hydrogen) atoms. The zero-order chi connectivity index (χ0) is 18.0. The van der Waals surface area contributed by atoms with Gasteiger partial charge in [0.1, 0.15) is 5.66 Å². The van der Waals surface area contributed by atoms with E-state index in [1.54, 1.807) is 12.5 Å². The molecule has 0 saturated carbocycles. The lowest BCUT2D eigenvalue weighted by molar-refractivity contribution is 0.0837. The molecule has 1 N–H and O–H groups in total. The van der Waals surface area contributed by atoms with Gasteiger partial charge in [-0.1, -0.05) is 55.5 Å². The molecule has 4 heteroatoms. The van der Waals surface area contributed by atoms with E-state index in [0.29, 0.717) is 5.56 Å². The van der Waals surface area contributed by atoms with Crippen LogP contribution in [0.4, 0.5) is 0 Å². The minimum atomic E-state index is -0.650. The van der Waals surface area contributed by atoms with Crippen molar-refractivity contribution in [1.29, 1.82) is 0 Å². The standard InChI is InChI=1S/C22H21N3O/c1-2-20-9-5-6-12-22(20,25-14-13-23-16-25)24-21(26)19-11-10-17-7-3-4-8-18(17)15-19/h3-16,20H,2H2,1H3,(H,24,26). The van der Waals surface area contributed by atoms with Gasteiger partial charge in [0.15, 0.2) is 0 Å². The number of benzene rings is 2. The first-order chi connectivity index (χ1) is 12.7. The Bertz CT molecular complexity index is 988. The average Bonchev–Trinajstić information content (AvgIpc) is 3.23. The van der Waals surface area contributed by atoms with Gasteiger partial charge in [0.25, 0.3) is 5.91 Å². The largest absolute Gasteiger partial charge is 0.325 e. The van der Waals surface area contributed by atoms with Crippen LogP contribution in [0, 0.1) is 5.92 Å². The van der Waals surface area contributed by atoms with Crippen LogP contribution in [0.3, 0.4) is 0 Å². The Morgan fingerprint density at radius 3 is 2.81 bits per heavy atom. The fraction of sp³-hybridized carbons (Fsp3) is 0.182. The molecule has 0 fully saturated rings. The van der Waals surface area contributed by atoms with Gasteiger partial charge in [-0.15, -0.1) is 0 Å². The van der Waals surface area contributed by atoms with Crippen LogP contribution in [0.5, 0.6) is 0 Å². The van der Waals surface area contributed by atoms with Gasteiger partial charge < -0.3 is 9.88 Å². The second kappa shape index (κ2) is 6.64. The van der Waals surface area contributed by atoms with Gasteiger partial charge in [-0.2, -0.15) is 0 Å². The maximum absolute atomic E-state index is 13.1. The number of allylic oxidation sites excluding steroid dienone is 2. The number of amides is 1. The molecule has 0 spiro atoms. The Labute approximate surface area is 152 Å². The monoisotopic (exact) mass is 343 g/mol. The van der Waals surface area contributed by atoms with Crippen LogP contribution < -0.4 is 5.32 Å². The predicted octanol–water partition coefficient (Wildman–Crippen LogP) is 4.27. The van der Waals surface area contributed by atoms with Crippen molar-refractivity contribution >= 4 is 16.7 Å². The summed E-state index contributed by atoms with van der Waals surface area (Å²) in [6.07, 6.45) is 14.5. The topological polar surface area (TPSA) is 46.9 Å². The van der Waals surface area contributed by atoms with Crippen LogP contribution >= 0.6 is 0 Å². The van der Waals surface area contributed by atoms with E-state index in [0.717, 1.165) is 17.2 Å². The van der Waals surface area contributed by atoms with Gasteiger partial charge >= 0.3 is 0 Å². The highest BCUT2D eigenvalue weighted by Crippen LogP contribution is 2.32. The van der Waals surface area contributed by atoms with Gasteiger partial charge in [0.2, 0.25) is 0 Å². The second-order valence-corrected chi connectivity index (χ2v) is 6.57. The van der Waals surface area contributed by atoms with Gasteiger partial charge in [0, 0.05) is 23.9 Å². The fourth-order valence-electron chi connectivity index (χ4n) is 3.66. The minimum Gasteiger partial charge on any atom is -0.325 e. The Hall–Kier alpha value is -3.14. The van der Waals surface area contributed by atoms with E-state index in [9.17, 15) is 4.79 Å². The number of aromatic nitrogens is 2. The number of nitrogens with one attached hydrogen (secondary N) is 1. The van der Waals surface area contributed by atoms with Crippen LogP contribution in [0.1, 0.15) is 23.7 Å². The summed E-state index contributed by atoms with van der Waals surface area (Å²) >= 11 is 0. The predicted molar refractivity (Wildman–Crippen MR) is 104 cm³/mol. The number of hydrogen-bond donors (Lipinski definition) is 1. The van der Waals surface area contributed by atoms with E-state index in [-0.39, 0.29) is 11.8 Å². The Balaban J connectivity index is 1.72. The maximum atomic E-state index is 13.1. The van der Waals surface area contributed by atoms with Gasteiger partial charge in [0.05, 0.1) is 6.33 Å². The van der Waals surface area contributed by atoms with Crippen molar-refractivity contribution in [2.24, 2.45) is 5.92 Å². The van der Waals surface area contributed by atoms with Crippen molar-refractivity contribution in [3.63, 3.8) is 0 Å². The number of carbonyl (C=O) groups excluding carboxylic acids is 1. The molecule has 4 rings (SSSR count). The molecule has 130 valence electrons. The van der Waals surface area contributed by atoms with Gasteiger partial charge in [-0.05, 0) is 35.4 Å². The maximum Gasteiger partial charge on any atom is 0.253 e. The Kier molecular flexibility index (Phi) is 4.17. The molecular weight excluding hydrogens is 322 g/mol. The third-order valence-corrected chi connectivity index (χ3v) is 5.07. The van der Waals surface area contributed by atoms with Crippen molar-refractivity contribution in [2.75, 3.05) is 0 Å². The van der Waals surface area contributed by atoms with E-state index in [2.05, 4.69) is 23.3 Å². The first kappa shape index (κ1) is 16.3. The zero-order valence-corrected chi connectivity index (χ0v) is 14.7. The van der Waals surface area contributed by atoms with Crippen LogP contribution in [-0.2, 0) is 5.66 Å². The molecule has 2 aromatic carbocycles. The molecule has 0 aliphatic heterocycles. The Morgan fingerprint density at radius 1 is 1.19 bits per heavy atom. The van der Waals surface area contributed by atoms with Crippen LogP contribution in [-0.4, -0.2) is 15.5 Å². The van der Waals surface area contributed by atoms with Crippen molar-refractivity contribution in [1.82, 2.24) is 14.9 Å². The van der Waals surface area contributed by atoms with E-state index in [1.807, 2.05) is 71.5 Å². The van der Waals surface area contributed by atoms with E-state index in [4.69, 9.17) is 0 Å². The van der Waals surface area contributed by atoms with E-state index >= 15 is 0 Å². The highest BCUT2D eigenvalue weighted by molar-refractivity contribution is 5.99. The summed E-state index contributed by atoms with van der Waals surface area (Å²) in [7, 11) is 0. The van der Waals surface area contributed by atoms with E-state index in [1.165, 1.54) is 0 Å². The number of nitrogens with zero attached hydrogens (tertiary/aromatic N) is 2. The third kappa shape index (κ3) is 2.73. The lowest BCUT2D eigenvalue weighted by Crippen LogP contribution is -2.53. The summed E-state index contributed by atoms with van der Waals surface area (Å²) in [6, 6.07) is 13.9. The molecule has 4 nitrogen and oxygen atoms in total. The lowest BCUT2D eigenvalue weighted by Gasteiger charge is -2.40. The number of fused-ring (bicyclic) bond motifs is 1. The second-order valence-electron chi connectivity index (χ2n) is 6.57. The molecule has 1 amide bonds. The number of imidazole rings is 1. The highest BCUT2D eigenvalue weighted by atomic mass is 16.2. The molecule has 1 heterocycles. The summed E-state index contributed by atoms with van der Waals surface area (Å²) < 4.78 is 1.97. The quantitative estimate of drug-likeness (QED) is 0.769. The first-order valence-corrected chi connectivity index (χ1v) is 8.89. The van der Waals surface area contributed by atoms with Gasteiger partial charge in [-0.25, -0.2) is 4.98 Å². The number of hydrogen-bond acceptors (Lipinski definition) is 2. The smallest absolute Gasteiger partial charge is 0.253 e. The van der Waals surface area contributed by atoms with Crippen LogP contribution in [0.15, 0.2) is 85.5 Å². The van der Waals surface area contributed by atoms with Crippen molar-refractivity contribution in [3.8, 4) is 0 Å². The molecule has 1 aliphatic rings. The molecule has 1 aromatic heterocycles. The van der Waals surface area contributed by atoms with Crippen molar-refractivity contribution in [2.45, 2.75) is 19.0 Å². The third-order valence-electron chi connectivity index (χ3n) is 5.07. The van der Waals surface area contributed by atoms with Crippen molar-refractivity contribution < 1.29 is 4.79 Å². The summed E-state index contributed by atoms with van der Waals surface area (Å²) in [6.45, 7) is 2.13. The van der Waals surface area contributed by atoms with Crippen LogP contribution in [0.2, 0.25) is 0 Å². The molecule has 0 bridgehead atoms. The lowest BCUT2D eigenvalue weighted by atomic mass is 9.85. The van der Waals surface area contributed by atoms with E-state index < -0.39 is 5.66 Å². The summed E-state index contributed by atoms with van der Waals surface area (Å²) in [4.78, 5) is 17.3. The molecular formula is C22H21N3O.